The molecule has 1 aromatic carbocycles. The molecule has 0 aliphatic heterocycles. The fraction of sp³-hybridized carbons (Fsp3) is 0. The van der Waals surface area contributed by atoms with Gasteiger partial charge in [0.1, 0.15) is 4.90 Å². The second-order valence-corrected chi connectivity index (χ2v) is 5.17. The molecule has 2 rings (SSSR count). The smallest absolute Gasteiger partial charge is 0.239 e. The molecule has 2 aromatic rings. The minimum absolute atomic E-state index is 0.0215. The van der Waals surface area contributed by atoms with E-state index in [4.69, 9.17) is 28.3 Å². The van der Waals surface area contributed by atoms with Crippen LogP contribution in [-0.2, 0) is 10.0 Å². The van der Waals surface area contributed by atoms with Crippen molar-refractivity contribution in [3.8, 4) is 0 Å². The van der Waals surface area contributed by atoms with Gasteiger partial charge in [-0.05, 0) is 23.7 Å². The zero-order valence-electron chi connectivity index (χ0n) is 7.16. The first-order chi connectivity index (χ1) is 6.88. The lowest BCUT2D eigenvalue weighted by atomic mass is 10.3. The van der Waals surface area contributed by atoms with Crippen LogP contribution in [0.1, 0.15) is 0 Å². The third-order valence-corrected chi connectivity index (χ3v) is 3.37. The van der Waals surface area contributed by atoms with Gasteiger partial charge in [0.15, 0.2) is 0 Å². The number of rotatable bonds is 1. The summed E-state index contributed by atoms with van der Waals surface area (Å²) >= 11 is 11.4. The average Bonchev–Trinajstić information content (AvgIpc) is 2.40. The van der Waals surface area contributed by atoms with E-state index in [9.17, 15) is 8.42 Å². The Balaban J connectivity index is 2.83. The van der Waals surface area contributed by atoms with Crippen LogP contribution in [-0.4, -0.2) is 18.4 Å². The molecule has 0 spiro atoms. The Morgan fingerprint density at radius 1 is 1.33 bits per heavy atom. The monoisotopic (exact) mass is 265 g/mol. The lowest BCUT2D eigenvalue weighted by molar-refractivity contribution is 0.598. The number of nitrogens with two attached hydrogens (primary N) is 1. The molecule has 1 aromatic heterocycles. The highest BCUT2D eigenvalue weighted by Gasteiger charge is 2.15. The fourth-order valence-corrected chi connectivity index (χ4v) is 2.48. The Hall–Kier alpha value is -0.820. The summed E-state index contributed by atoms with van der Waals surface area (Å²) in [5.74, 6) is 0. The number of benzene rings is 1. The van der Waals surface area contributed by atoms with E-state index in [0.717, 1.165) is 0 Å². The van der Waals surface area contributed by atoms with E-state index in [2.05, 4.69) is 9.97 Å². The van der Waals surface area contributed by atoms with Crippen molar-refractivity contribution in [1.82, 2.24) is 9.97 Å². The number of H-pyrrole nitrogens is 1. The lowest BCUT2D eigenvalue weighted by Crippen LogP contribution is -2.12. The van der Waals surface area contributed by atoms with Gasteiger partial charge in [0, 0.05) is 0 Å². The van der Waals surface area contributed by atoms with Gasteiger partial charge in [0.25, 0.3) is 0 Å². The molecule has 0 saturated heterocycles. The zero-order chi connectivity index (χ0) is 11.2. The molecular weight excluding hydrogens is 261 g/mol. The largest absolute Gasteiger partial charge is 0.329 e. The van der Waals surface area contributed by atoms with Crippen LogP contribution in [0.4, 0.5) is 0 Å². The normalized spacial score (nSPS) is 12.2. The number of hydrogen-bond acceptors (Lipinski definition) is 3. The van der Waals surface area contributed by atoms with Gasteiger partial charge in [-0.1, -0.05) is 11.6 Å². The van der Waals surface area contributed by atoms with Crippen molar-refractivity contribution in [2.45, 2.75) is 4.90 Å². The molecule has 8 heteroatoms. The molecule has 3 N–H and O–H groups in total. The van der Waals surface area contributed by atoms with Crippen molar-refractivity contribution in [2.75, 3.05) is 0 Å². The molecular formula is C7H5Cl2N3O2S. The number of primary sulfonamides is 1. The van der Waals surface area contributed by atoms with Crippen LogP contribution < -0.4 is 5.14 Å². The molecule has 80 valence electrons. The van der Waals surface area contributed by atoms with Gasteiger partial charge in [-0.2, -0.15) is 0 Å². The Kier molecular flexibility index (Phi) is 2.38. The van der Waals surface area contributed by atoms with Crippen molar-refractivity contribution in [2.24, 2.45) is 5.14 Å². The van der Waals surface area contributed by atoms with Crippen molar-refractivity contribution in [3.63, 3.8) is 0 Å². The third-order valence-electron chi connectivity index (χ3n) is 1.81. The lowest BCUT2D eigenvalue weighted by Gasteiger charge is -2.00. The maximum absolute atomic E-state index is 11.1. The number of halogens is 2. The number of aromatic amines is 1. The fourth-order valence-electron chi connectivity index (χ4n) is 1.20. The minimum Gasteiger partial charge on any atom is -0.329 e. The summed E-state index contributed by atoms with van der Waals surface area (Å²) in [7, 11) is -3.84. The van der Waals surface area contributed by atoms with E-state index in [-0.39, 0.29) is 15.2 Å². The van der Waals surface area contributed by atoms with E-state index < -0.39 is 10.0 Å². The number of sulfonamides is 1. The number of hydrogen-bond donors (Lipinski definition) is 2. The third kappa shape index (κ3) is 1.93. The Morgan fingerprint density at radius 2 is 2.00 bits per heavy atom. The van der Waals surface area contributed by atoms with Crippen molar-refractivity contribution in [3.05, 3.63) is 22.4 Å². The Bertz CT molecular complexity index is 635. The predicted molar refractivity (Wildman–Crippen MR) is 57.5 cm³/mol. The molecule has 0 amide bonds. The predicted octanol–water partition coefficient (Wildman–Crippen LogP) is 1.52. The van der Waals surface area contributed by atoms with E-state index >= 15 is 0 Å². The molecule has 15 heavy (non-hydrogen) atoms. The zero-order valence-corrected chi connectivity index (χ0v) is 9.49. The van der Waals surface area contributed by atoms with Gasteiger partial charge in [-0.3, -0.25) is 0 Å². The molecule has 5 nitrogen and oxygen atoms in total. The summed E-state index contributed by atoms with van der Waals surface area (Å²) < 4.78 is 22.3. The van der Waals surface area contributed by atoms with Gasteiger partial charge in [-0.15, -0.1) is 0 Å². The van der Waals surface area contributed by atoms with E-state index in [0.29, 0.717) is 11.0 Å². The molecule has 0 bridgehead atoms. The Morgan fingerprint density at radius 3 is 2.60 bits per heavy atom. The standard InChI is InChI=1S/C7H5Cl2N3O2S/c8-3-1-4-5(12-7(9)11-4)2-6(3)15(10,13)14/h1-2H,(H,11,12)(H2,10,13,14). The molecule has 0 saturated carbocycles. The van der Waals surface area contributed by atoms with Crippen LogP contribution in [0.2, 0.25) is 10.3 Å². The van der Waals surface area contributed by atoms with Crippen LogP contribution in [0, 0.1) is 0 Å². The second-order valence-electron chi connectivity index (χ2n) is 2.87. The molecule has 0 unspecified atom stereocenters. The second kappa shape index (κ2) is 3.34. The van der Waals surface area contributed by atoms with Gasteiger partial charge in [-0.25, -0.2) is 18.5 Å². The summed E-state index contributed by atoms with van der Waals surface area (Å²) in [6.07, 6.45) is 0. The van der Waals surface area contributed by atoms with E-state index in [1.165, 1.54) is 12.1 Å². The number of fused-ring (bicyclic) bond motifs is 1. The van der Waals surface area contributed by atoms with Crippen molar-refractivity contribution >= 4 is 44.3 Å². The summed E-state index contributed by atoms with van der Waals surface area (Å²) in [5.41, 5.74) is 0.950. The number of nitrogens with one attached hydrogen (secondary N) is 1. The topological polar surface area (TPSA) is 88.8 Å². The molecule has 0 aliphatic rings. The van der Waals surface area contributed by atoms with Crippen LogP contribution in [0.15, 0.2) is 17.0 Å². The summed E-state index contributed by atoms with van der Waals surface area (Å²) in [6, 6.07) is 2.69. The minimum atomic E-state index is -3.84. The number of aromatic nitrogens is 2. The van der Waals surface area contributed by atoms with E-state index in [1.807, 2.05) is 0 Å². The van der Waals surface area contributed by atoms with Crippen LogP contribution in [0.25, 0.3) is 11.0 Å². The first kappa shape index (κ1) is 10.7. The number of nitrogens with zero attached hydrogens (tertiary/aromatic N) is 1. The first-order valence-electron chi connectivity index (χ1n) is 3.75. The molecule has 0 radical (unpaired) electrons. The van der Waals surface area contributed by atoms with Gasteiger partial charge >= 0.3 is 0 Å². The van der Waals surface area contributed by atoms with Gasteiger partial charge in [0.2, 0.25) is 15.3 Å². The summed E-state index contributed by atoms with van der Waals surface area (Å²) in [5, 5.41) is 5.16. The summed E-state index contributed by atoms with van der Waals surface area (Å²) in [4.78, 5) is 6.41. The highest BCUT2D eigenvalue weighted by molar-refractivity contribution is 7.89. The SMILES string of the molecule is NS(=O)(=O)c1cc2[nH]c(Cl)nc2cc1Cl. The summed E-state index contributed by atoms with van der Waals surface area (Å²) in [6.45, 7) is 0. The van der Waals surface area contributed by atoms with Crippen LogP contribution in [0.3, 0.4) is 0 Å². The van der Waals surface area contributed by atoms with E-state index in [1.54, 1.807) is 0 Å². The molecule has 0 aliphatic carbocycles. The molecule has 1 heterocycles. The van der Waals surface area contributed by atoms with Gasteiger partial charge in [0.05, 0.1) is 16.1 Å². The van der Waals surface area contributed by atoms with Crippen molar-refractivity contribution < 1.29 is 8.42 Å². The Labute approximate surface area is 95.2 Å². The van der Waals surface area contributed by atoms with Crippen LogP contribution >= 0.6 is 23.2 Å². The maximum atomic E-state index is 11.1. The van der Waals surface area contributed by atoms with Crippen molar-refractivity contribution in [1.29, 1.82) is 0 Å². The highest BCUT2D eigenvalue weighted by Crippen LogP contribution is 2.26. The molecule has 0 fully saturated rings. The quantitative estimate of drug-likeness (QED) is 0.819. The van der Waals surface area contributed by atoms with Crippen LogP contribution in [0.5, 0.6) is 0 Å². The first-order valence-corrected chi connectivity index (χ1v) is 6.06. The van der Waals surface area contributed by atoms with Gasteiger partial charge < -0.3 is 4.98 Å². The average molecular weight is 266 g/mol. The number of imidazole rings is 1. The molecule has 0 atom stereocenters. The maximum Gasteiger partial charge on any atom is 0.239 e. The highest BCUT2D eigenvalue weighted by atomic mass is 35.5.